The summed E-state index contributed by atoms with van der Waals surface area (Å²) in [6, 6.07) is 6.46. The molecule has 1 rings (SSSR count). The summed E-state index contributed by atoms with van der Waals surface area (Å²) in [6.45, 7) is 3.94. The molecule has 0 fully saturated rings. The number of aryl methyl sites for hydroxylation is 1. The van der Waals surface area contributed by atoms with Gasteiger partial charge in [0.1, 0.15) is 0 Å². The molecule has 4 heteroatoms. The number of halogens is 2. The smallest absolute Gasteiger partial charge is 0.0615 e. The van der Waals surface area contributed by atoms with Crippen LogP contribution >= 0.6 is 27.5 Å². The minimum Gasteiger partial charge on any atom is -0.383 e. The molecule has 18 heavy (non-hydrogen) atoms. The Hall–Kier alpha value is -0.0900. The van der Waals surface area contributed by atoms with Crippen LogP contribution in [0.15, 0.2) is 22.7 Å². The van der Waals surface area contributed by atoms with Crippen molar-refractivity contribution in [1.29, 1.82) is 0 Å². The van der Waals surface area contributed by atoms with Gasteiger partial charge in [0.25, 0.3) is 0 Å². The van der Waals surface area contributed by atoms with E-state index < -0.39 is 0 Å². The molecule has 0 aliphatic carbocycles. The third kappa shape index (κ3) is 5.70. The lowest BCUT2D eigenvalue weighted by Gasteiger charge is -2.17. The van der Waals surface area contributed by atoms with E-state index in [-0.39, 0.29) is 0 Å². The highest BCUT2D eigenvalue weighted by Crippen LogP contribution is 2.22. The Morgan fingerprint density at radius 2 is 2.22 bits per heavy atom. The monoisotopic (exact) mass is 333 g/mol. The summed E-state index contributed by atoms with van der Waals surface area (Å²) >= 11 is 9.63. The molecule has 1 atom stereocenters. The second kappa shape index (κ2) is 8.92. The van der Waals surface area contributed by atoms with Gasteiger partial charge in [-0.05, 0) is 43.5 Å². The molecule has 1 N–H and O–H groups in total. The number of nitrogens with one attached hydrogen (secondary N) is 1. The van der Waals surface area contributed by atoms with E-state index in [0.717, 1.165) is 41.9 Å². The number of hydrogen-bond acceptors (Lipinski definition) is 2. The third-order valence-electron chi connectivity index (χ3n) is 2.83. The van der Waals surface area contributed by atoms with Crippen LogP contribution in [0.5, 0.6) is 0 Å². The molecular weight excluding hydrogens is 314 g/mol. The molecule has 0 saturated heterocycles. The van der Waals surface area contributed by atoms with Gasteiger partial charge < -0.3 is 10.1 Å². The van der Waals surface area contributed by atoms with Crippen LogP contribution in [-0.4, -0.2) is 26.3 Å². The molecule has 0 radical (unpaired) electrons. The van der Waals surface area contributed by atoms with Gasteiger partial charge in [0.15, 0.2) is 0 Å². The topological polar surface area (TPSA) is 21.3 Å². The molecule has 102 valence electrons. The maximum Gasteiger partial charge on any atom is 0.0615 e. The Morgan fingerprint density at radius 1 is 1.44 bits per heavy atom. The summed E-state index contributed by atoms with van der Waals surface area (Å²) in [6.07, 6.45) is 3.14. The predicted octanol–water partition coefficient (Wildman–Crippen LogP) is 4.05. The molecular formula is C14H21BrClNO. The molecule has 0 aliphatic heterocycles. The van der Waals surface area contributed by atoms with Crippen LogP contribution in [0.4, 0.5) is 0 Å². The van der Waals surface area contributed by atoms with Crippen LogP contribution in [0, 0.1) is 0 Å². The van der Waals surface area contributed by atoms with Crippen LogP contribution in [0.3, 0.4) is 0 Å². The molecule has 1 unspecified atom stereocenters. The first-order valence-electron chi connectivity index (χ1n) is 6.33. The largest absolute Gasteiger partial charge is 0.383 e. The van der Waals surface area contributed by atoms with E-state index >= 15 is 0 Å². The second-order valence-electron chi connectivity index (χ2n) is 4.38. The molecule has 0 saturated carbocycles. The van der Waals surface area contributed by atoms with Gasteiger partial charge in [0.05, 0.1) is 6.61 Å². The van der Waals surface area contributed by atoms with Gasteiger partial charge >= 0.3 is 0 Å². The molecule has 0 spiro atoms. The van der Waals surface area contributed by atoms with Crippen molar-refractivity contribution < 1.29 is 4.74 Å². The summed E-state index contributed by atoms with van der Waals surface area (Å²) < 4.78 is 6.26. The summed E-state index contributed by atoms with van der Waals surface area (Å²) in [4.78, 5) is 0. The third-order valence-corrected chi connectivity index (χ3v) is 3.67. The van der Waals surface area contributed by atoms with E-state index in [4.69, 9.17) is 16.3 Å². The zero-order valence-corrected chi connectivity index (χ0v) is 13.4. The number of rotatable bonds is 8. The molecule has 0 heterocycles. The number of hydrogen-bond donors (Lipinski definition) is 1. The SMILES string of the molecule is CCCNC(CCc1ccc(Br)cc1Cl)COC. The van der Waals surface area contributed by atoms with Crippen molar-refractivity contribution >= 4 is 27.5 Å². The standard InChI is InChI=1S/C14H21BrClNO/c1-3-8-17-13(10-18-2)7-5-11-4-6-12(15)9-14(11)16/h4,6,9,13,17H,3,5,7-8,10H2,1-2H3. The Bertz CT molecular complexity index is 360. The van der Waals surface area contributed by atoms with Gasteiger partial charge in [-0.25, -0.2) is 0 Å². The van der Waals surface area contributed by atoms with Gasteiger partial charge in [-0.1, -0.05) is 40.5 Å². The van der Waals surface area contributed by atoms with Crippen LogP contribution in [0.25, 0.3) is 0 Å². The highest BCUT2D eigenvalue weighted by Gasteiger charge is 2.09. The predicted molar refractivity (Wildman–Crippen MR) is 81.4 cm³/mol. The molecule has 0 bridgehead atoms. The normalized spacial score (nSPS) is 12.7. The lowest BCUT2D eigenvalue weighted by atomic mass is 10.1. The van der Waals surface area contributed by atoms with Crippen LogP contribution < -0.4 is 5.32 Å². The fourth-order valence-electron chi connectivity index (χ4n) is 1.85. The molecule has 0 aliphatic rings. The minimum absolute atomic E-state index is 0.398. The number of benzene rings is 1. The van der Waals surface area contributed by atoms with E-state index in [2.05, 4.69) is 34.2 Å². The van der Waals surface area contributed by atoms with Gasteiger partial charge in [0, 0.05) is 22.6 Å². The van der Waals surface area contributed by atoms with Gasteiger partial charge in [-0.3, -0.25) is 0 Å². The van der Waals surface area contributed by atoms with Crippen LogP contribution in [-0.2, 0) is 11.2 Å². The van der Waals surface area contributed by atoms with Crippen LogP contribution in [0.2, 0.25) is 5.02 Å². The fourth-order valence-corrected chi connectivity index (χ4v) is 2.62. The van der Waals surface area contributed by atoms with E-state index in [1.165, 1.54) is 5.56 Å². The highest BCUT2D eigenvalue weighted by atomic mass is 79.9. The number of ether oxygens (including phenoxy) is 1. The second-order valence-corrected chi connectivity index (χ2v) is 5.70. The Morgan fingerprint density at radius 3 is 2.83 bits per heavy atom. The lowest BCUT2D eigenvalue weighted by molar-refractivity contribution is 0.162. The van der Waals surface area contributed by atoms with E-state index in [1.807, 2.05) is 12.1 Å². The maximum absolute atomic E-state index is 6.21. The van der Waals surface area contributed by atoms with E-state index in [1.54, 1.807) is 7.11 Å². The molecule has 1 aromatic carbocycles. The summed E-state index contributed by atoms with van der Waals surface area (Å²) in [5.74, 6) is 0. The Labute approximate surface area is 123 Å². The molecule has 1 aromatic rings. The Balaban J connectivity index is 2.49. The lowest BCUT2D eigenvalue weighted by Crippen LogP contribution is -2.34. The van der Waals surface area contributed by atoms with Crippen molar-refractivity contribution in [2.24, 2.45) is 0 Å². The average molecular weight is 335 g/mol. The molecule has 0 amide bonds. The highest BCUT2D eigenvalue weighted by molar-refractivity contribution is 9.10. The van der Waals surface area contributed by atoms with E-state index in [9.17, 15) is 0 Å². The van der Waals surface area contributed by atoms with Crippen molar-refractivity contribution in [3.05, 3.63) is 33.3 Å². The summed E-state index contributed by atoms with van der Waals surface area (Å²) in [7, 11) is 1.74. The zero-order valence-electron chi connectivity index (χ0n) is 11.0. The minimum atomic E-state index is 0.398. The van der Waals surface area contributed by atoms with Gasteiger partial charge in [-0.15, -0.1) is 0 Å². The quantitative estimate of drug-likeness (QED) is 0.774. The maximum atomic E-state index is 6.21. The van der Waals surface area contributed by atoms with Crippen molar-refractivity contribution in [3.63, 3.8) is 0 Å². The van der Waals surface area contributed by atoms with Crippen molar-refractivity contribution in [1.82, 2.24) is 5.32 Å². The summed E-state index contributed by atoms with van der Waals surface area (Å²) in [5, 5.41) is 4.32. The first-order chi connectivity index (χ1) is 8.67. The van der Waals surface area contributed by atoms with Crippen molar-refractivity contribution in [2.45, 2.75) is 32.2 Å². The summed E-state index contributed by atoms with van der Waals surface area (Å²) in [5.41, 5.74) is 1.19. The zero-order chi connectivity index (χ0) is 13.4. The first-order valence-corrected chi connectivity index (χ1v) is 7.50. The van der Waals surface area contributed by atoms with Crippen LogP contribution in [0.1, 0.15) is 25.3 Å². The van der Waals surface area contributed by atoms with Gasteiger partial charge in [-0.2, -0.15) is 0 Å². The van der Waals surface area contributed by atoms with Gasteiger partial charge in [0.2, 0.25) is 0 Å². The average Bonchev–Trinajstić information content (AvgIpc) is 2.34. The fraction of sp³-hybridized carbons (Fsp3) is 0.571. The van der Waals surface area contributed by atoms with Crippen molar-refractivity contribution in [2.75, 3.05) is 20.3 Å². The van der Waals surface area contributed by atoms with Crippen molar-refractivity contribution in [3.8, 4) is 0 Å². The Kier molecular flexibility index (Phi) is 7.91. The first kappa shape index (κ1) is 16.0. The molecule has 2 nitrogen and oxygen atoms in total. The van der Waals surface area contributed by atoms with E-state index in [0.29, 0.717) is 6.04 Å². The molecule has 0 aromatic heterocycles. The number of methoxy groups -OCH3 is 1.